The van der Waals surface area contributed by atoms with E-state index >= 15 is 0 Å². The summed E-state index contributed by atoms with van der Waals surface area (Å²) < 4.78 is 21.2. The Kier molecular flexibility index (Phi) is 8.41. The van der Waals surface area contributed by atoms with Crippen LogP contribution < -0.4 is 18.9 Å². The van der Waals surface area contributed by atoms with Crippen LogP contribution in [-0.2, 0) is 4.79 Å². The number of carbonyl (C=O) groups is 2. The monoisotopic (exact) mass is 544 g/mol. The van der Waals surface area contributed by atoms with E-state index in [9.17, 15) is 9.59 Å². The summed E-state index contributed by atoms with van der Waals surface area (Å²) in [6, 6.07) is 39.9. The largest absolute Gasteiger partial charge is 0.519 e. The molecule has 0 fully saturated rings. The molecule has 0 amide bonds. The van der Waals surface area contributed by atoms with Gasteiger partial charge in [-0.25, -0.2) is 4.79 Å². The average molecular weight is 545 g/mol. The normalized spacial score (nSPS) is 11.3. The molecule has 0 aliphatic carbocycles. The van der Waals surface area contributed by atoms with Crippen molar-refractivity contribution in [2.75, 3.05) is 7.11 Å². The van der Waals surface area contributed by atoms with Crippen LogP contribution in [0.4, 0.5) is 4.79 Å². The van der Waals surface area contributed by atoms with E-state index in [0.717, 1.165) is 33.6 Å². The third kappa shape index (κ3) is 6.99. The maximum atomic E-state index is 12.5. The molecule has 6 heteroatoms. The van der Waals surface area contributed by atoms with Gasteiger partial charge in [-0.1, -0.05) is 78.9 Å². The van der Waals surface area contributed by atoms with Crippen LogP contribution in [0.25, 0.3) is 11.1 Å². The van der Waals surface area contributed by atoms with Crippen LogP contribution in [0.1, 0.15) is 29.5 Å². The van der Waals surface area contributed by atoms with Gasteiger partial charge in [0, 0.05) is 12.8 Å². The van der Waals surface area contributed by atoms with Gasteiger partial charge in [0.2, 0.25) is 0 Å². The summed E-state index contributed by atoms with van der Waals surface area (Å²) in [6.07, 6.45) is -0.828. The second-order valence-corrected chi connectivity index (χ2v) is 9.28. The lowest BCUT2D eigenvalue weighted by molar-refractivity contribution is -0.131. The molecule has 0 radical (unpaired) electrons. The van der Waals surface area contributed by atoms with Crippen LogP contribution in [-0.4, -0.2) is 19.2 Å². The summed E-state index contributed by atoms with van der Waals surface area (Å²) in [4.78, 5) is 23.6. The van der Waals surface area contributed by atoms with Crippen LogP contribution in [0, 0.1) is 0 Å². The zero-order valence-electron chi connectivity index (χ0n) is 22.7. The molecule has 5 aromatic rings. The van der Waals surface area contributed by atoms with Crippen molar-refractivity contribution < 1.29 is 28.5 Å². The first-order valence-electron chi connectivity index (χ1n) is 13.1. The molecule has 6 nitrogen and oxygen atoms in total. The van der Waals surface area contributed by atoms with Gasteiger partial charge in [-0.15, -0.1) is 0 Å². The minimum Gasteiger partial charge on any atom is -0.497 e. The Labute approximate surface area is 238 Å². The molecule has 0 aliphatic heterocycles. The summed E-state index contributed by atoms with van der Waals surface area (Å²) in [5.41, 5.74) is 5.17. The lowest BCUT2D eigenvalue weighted by Gasteiger charge is -2.19. The quantitative estimate of drug-likeness (QED) is 0.0852. The Morgan fingerprint density at radius 1 is 0.488 bits per heavy atom. The Bertz CT molecular complexity index is 1590. The maximum absolute atomic E-state index is 12.5. The smallest absolute Gasteiger partial charge is 0.497 e. The van der Waals surface area contributed by atoms with Gasteiger partial charge >= 0.3 is 12.1 Å². The van der Waals surface area contributed by atoms with Gasteiger partial charge in [-0.05, 0) is 76.3 Å². The van der Waals surface area contributed by atoms with Crippen molar-refractivity contribution in [2.24, 2.45) is 0 Å². The third-order valence-corrected chi connectivity index (χ3v) is 6.50. The fraction of sp³-hybridized carbons (Fsp3) is 0.0857. The molecule has 0 spiro atoms. The molecule has 0 heterocycles. The highest BCUT2D eigenvalue weighted by atomic mass is 16.7. The summed E-state index contributed by atoms with van der Waals surface area (Å²) in [7, 11) is 1.65. The van der Waals surface area contributed by atoms with Gasteiger partial charge in [-0.2, -0.15) is 0 Å². The van der Waals surface area contributed by atoms with Crippen molar-refractivity contribution in [3.63, 3.8) is 0 Å². The summed E-state index contributed by atoms with van der Waals surface area (Å²) in [5.74, 6) is 1.65. The zero-order valence-corrected chi connectivity index (χ0v) is 22.7. The van der Waals surface area contributed by atoms with E-state index in [1.165, 1.54) is 6.92 Å². The molecule has 41 heavy (non-hydrogen) atoms. The maximum Gasteiger partial charge on any atom is 0.519 e. The van der Waals surface area contributed by atoms with Crippen LogP contribution in [0.2, 0.25) is 0 Å². The predicted molar refractivity (Wildman–Crippen MR) is 157 cm³/mol. The summed E-state index contributed by atoms with van der Waals surface area (Å²) in [5, 5.41) is 0. The highest BCUT2D eigenvalue weighted by Gasteiger charge is 2.17. The van der Waals surface area contributed by atoms with Crippen molar-refractivity contribution in [1.82, 2.24) is 0 Å². The fourth-order valence-corrected chi connectivity index (χ4v) is 4.56. The second-order valence-electron chi connectivity index (χ2n) is 9.28. The Morgan fingerprint density at radius 2 is 0.878 bits per heavy atom. The first-order valence-corrected chi connectivity index (χ1v) is 13.1. The van der Waals surface area contributed by atoms with E-state index in [-0.39, 0.29) is 11.9 Å². The van der Waals surface area contributed by atoms with Gasteiger partial charge in [-0.3, -0.25) is 4.79 Å². The fourth-order valence-electron chi connectivity index (χ4n) is 4.56. The summed E-state index contributed by atoms with van der Waals surface area (Å²) in [6.45, 7) is 1.36. The Balaban J connectivity index is 1.24. The number of hydrogen-bond donors (Lipinski definition) is 0. The first kappa shape index (κ1) is 27.2. The van der Waals surface area contributed by atoms with Crippen LogP contribution >= 0.6 is 0 Å². The van der Waals surface area contributed by atoms with Crippen LogP contribution in [0.15, 0.2) is 127 Å². The lowest BCUT2D eigenvalue weighted by atomic mass is 9.85. The summed E-state index contributed by atoms with van der Waals surface area (Å²) >= 11 is 0. The number of carbonyl (C=O) groups excluding carboxylic acids is 2. The topological polar surface area (TPSA) is 71.1 Å². The number of esters is 1. The molecule has 1 unspecified atom stereocenters. The van der Waals surface area contributed by atoms with E-state index in [4.69, 9.17) is 18.9 Å². The lowest BCUT2D eigenvalue weighted by Crippen LogP contribution is -2.13. The Morgan fingerprint density at radius 3 is 1.32 bits per heavy atom. The molecule has 0 saturated heterocycles. The molecular formula is C35H28O6. The molecule has 0 aromatic heterocycles. The highest BCUT2D eigenvalue weighted by Crippen LogP contribution is 2.34. The van der Waals surface area contributed by atoms with Gasteiger partial charge in [0.25, 0.3) is 0 Å². The molecule has 0 aliphatic rings. The molecule has 1 atom stereocenters. The van der Waals surface area contributed by atoms with E-state index < -0.39 is 6.16 Å². The van der Waals surface area contributed by atoms with Crippen molar-refractivity contribution in [1.29, 1.82) is 0 Å². The third-order valence-electron chi connectivity index (χ3n) is 6.50. The molecule has 204 valence electrons. The van der Waals surface area contributed by atoms with Gasteiger partial charge in [0.15, 0.2) is 0 Å². The van der Waals surface area contributed by atoms with Gasteiger partial charge < -0.3 is 18.9 Å². The van der Waals surface area contributed by atoms with Crippen molar-refractivity contribution in [2.45, 2.75) is 12.8 Å². The average Bonchev–Trinajstić information content (AvgIpc) is 3.00. The Hall–Kier alpha value is -5.36. The predicted octanol–water partition coefficient (Wildman–Crippen LogP) is 8.05. The number of hydrogen-bond acceptors (Lipinski definition) is 6. The number of benzene rings is 5. The van der Waals surface area contributed by atoms with E-state index in [2.05, 4.69) is 24.3 Å². The van der Waals surface area contributed by atoms with E-state index in [1.54, 1.807) is 43.5 Å². The SMILES string of the molecule is COc1ccc(C(c2ccccc2)c2ccc(OC(=O)Oc3ccc(-c4ccc(OC(C)=O)cc4)cc3)cc2)cc1. The highest BCUT2D eigenvalue weighted by molar-refractivity contribution is 5.71. The molecule has 0 N–H and O–H groups in total. The van der Waals surface area contributed by atoms with E-state index in [0.29, 0.717) is 17.2 Å². The van der Waals surface area contributed by atoms with Crippen LogP contribution in [0.3, 0.4) is 0 Å². The molecular weight excluding hydrogens is 516 g/mol. The molecule has 5 rings (SSSR count). The minimum atomic E-state index is -0.828. The van der Waals surface area contributed by atoms with Crippen molar-refractivity contribution in [3.05, 3.63) is 144 Å². The molecule has 0 bridgehead atoms. The van der Waals surface area contributed by atoms with Crippen LogP contribution in [0.5, 0.6) is 23.0 Å². The van der Waals surface area contributed by atoms with Gasteiger partial charge in [0.1, 0.15) is 23.0 Å². The van der Waals surface area contributed by atoms with E-state index in [1.807, 2.05) is 66.7 Å². The van der Waals surface area contributed by atoms with Gasteiger partial charge in [0.05, 0.1) is 7.11 Å². The number of rotatable bonds is 8. The molecule has 5 aromatic carbocycles. The standard InChI is InChI=1S/C35H28O6/c1-24(36)39-31-18-8-25(9-19-31)26-10-20-32(21-11-26)40-35(37)41-33-22-14-29(15-23-33)34(27-6-4-3-5-7-27)28-12-16-30(38-2)17-13-28/h3-23,34H,1-2H3. The first-order chi connectivity index (χ1) is 20.0. The number of ether oxygens (including phenoxy) is 4. The zero-order chi connectivity index (χ0) is 28.6. The number of methoxy groups -OCH3 is 1. The van der Waals surface area contributed by atoms with Crippen molar-refractivity contribution >= 4 is 12.1 Å². The van der Waals surface area contributed by atoms with Crippen molar-refractivity contribution in [3.8, 4) is 34.1 Å². The minimum absolute atomic E-state index is 0.000474. The molecule has 0 saturated carbocycles. The second kappa shape index (κ2) is 12.7.